The molecule has 1 atom stereocenters. The van der Waals surface area contributed by atoms with Crippen molar-refractivity contribution in [2.24, 2.45) is 0 Å². The number of fused-ring (bicyclic) bond motifs is 3. The van der Waals surface area contributed by atoms with Crippen LogP contribution in [-0.2, 0) is 0 Å². The highest BCUT2D eigenvalue weighted by Crippen LogP contribution is 2.35. The monoisotopic (exact) mass is 355 g/mol. The standard InChI is InChI=1S/C22H26ClNO/c1-3-12-24(13-4-2)15-22(25)19-11-7-10-17-16-8-5-6-9-18(16)21(23)14-20(17)19/h5-11,14,22,25H,3-4,12-13,15H2,1-2H3/t22-/m0/s1. The summed E-state index contributed by atoms with van der Waals surface area (Å²) in [6.45, 7) is 7.04. The molecule has 0 saturated heterocycles. The summed E-state index contributed by atoms with van der Waals surface area (Å²) in [4.78, 5) is 2.34. The number of halogens is 1. The number of aliphatic hydroxyl groups excluding tert-OH is 1. The molecule has 0 unspecified atom stereocenters. The van der Waals surface area contributed by atoms with Crippen molar-refractivity contribution in [3.05, 3.63) is 59.1 Å². The van der Waals surface area contributed by atoms with Gasteiger partial charge < -0.3 is 10.0 Å². The zero-order chi connectivity index (χ0) is 17.8. The molecule has 2 nitrogen and oxygen atoms in total. The minimum absolute atomic E-state index is 0.515. The fourth-order valence-corrected chi connectivity index (χ4v) is 3.94. The predicted octanol–water partition coefficient (Wildman–Crippen LogP) is 5.80. The van der Waals surface area contributed by atoms with E-state index in [2.05, 4.69) is 30.9 Å². The minimum atomic E-state index is -0.515. The third kappa shape index (κ3) is 3.82. The second-order valence-corrected chi connectivity index (χ2v) is 7.07. The summed E-state index contributed by atoms with van der Waals surface area (Å²) in [6, 6.07) is 16.4. The van der Waals surface area contributed by atoms with Crippen molar-refractivity contribution >= 4 is 33.1 Å². The van der Waals surface area contributed by atoms with E-state index in [9.17, 15) is 5.11 Å². The number of hydrogen-bond donors (Lipinski definition) is 1. The van der Waals surface area contributed by atoms with Gasteiger partial charge in [-0.1, -0.05) is 67.9 Å². The molecule has 0 aliphatic rings. The first-order valence-electron chi connectivity index (χ1n) is 9.16. The van der Waals surface area contributed by atoms with Gasteiger partial charge in [-0.3, -0.25) is 0 Å². The first-order chi connectivity index (χ1) is 12.2. The lowest BCUT2D eigenvalue weighted by atomic mass is 9.95. The quantitative estimate of drug-likeness (QED) is 0.541. The van der Waals surface area contributed by atoms with Gasteiger partial charge in [-0.25, -0.2) is 0 Å². The molecule has 0 aliphatic heterocycles. The number of nitrogens with zero attached hydrogens (tertiary/aromatic N) is 1. The van der Waals surface area contributed by atoms with E-state index in [1.54, 1.807) is 0 Å². The van der Waals surface area contributed by atoms with Crippen molar-refractivity contribution in [1.82, 2.24) is 4.90 Å². The van der Waals surface area contributed by atoms with Crippen molar-refractivity contribution in [2.75, 3.05) is 19.6 Å². The third-order valence-electron chi connectivity index (χ3n) is 4.76. The summed E-state index contributed by atoms with van der Waals surface area (Å²) >= 11 is 6.53. The summed E-state index contributed by atoms with van der Waals surface area (Å²) in [7, 11) is 0. The van der Waals surface area contributed by atoms with Gasteiger partial charge in [-0.2, -0.15) is 0 Å². The van der Waals surface area contributed by atoms with Crippen LogP contribution >= 0.6 is 11.6 Å². The predicted molar refractivity (Wildman–Crippen MR) is 108 cm³/mol. The van der Waals surface area contributed by atoms with Crippen LogP contribution in [0, 0.1) is 0 Å². The zero-order valence-corrected chi connectivity index (χ0v) is 15.8. The molecule has 0 heterocycles. The molecule has 25 heavy (non-hydrogen) atoms. The minimum Gasteiger partial charge on any atom is -0.387 e. The molecule has 3 aromatic carbocycles. The van der Waals surface area contributed by atoms with E-state index in [0.717, 1.165) is 58.1 Å². The molecule has 0 fully saturated rings. The molecule has 0 bridgehead atoms. The average Bonchev–Trinajstić information content (AvgIpc) is 2.62. The van der Waals surface area contributed by atoms with Crippen LogP contribution in [0.4, 0.5) is 0 Å². The second kappa shape index (κ2) is 8.18. The van der Waals surface area contributed by atoms with E-state index < -0.39 is 6.10 Å². The Labute approximate surface area is 155 Å². The summed E-state index contributed by atoms with van der Waals surface area (Å²) < 4.78 is 0. The van der Waals surface area contributed by atoms with Gasteiger partial charge in [-0.05, 0) is 53.7 Å². The van der Waals surface area contributed by atoms with Crippen molar-refractivity contribution in [1.29, 1.82) is 0 Å². The zero-order valence-electron chi connectivity index (χ0n) is 15.0. The van der Waals surface area contributed by atoms with Gasteiger partial charge in [0.25, 0.3) is 0 Å². The van der Waals surface area contributed by atoms with Gasteiger partial charge in [0.15, 0.2) is 0 Å². The van der Waals surface area contributed by atoms with Crippen LogP contribution in [0.5, 0.6) is 0 Å². The van der Waals surface area contributed by atoms with Crippen LogP contribution in [0.15, 0.2) is 48.5 Å². The van der Waals surface area contributed by atoms with E-state index in [-0.39, 0.29) is 0 Å². The number of rotatable bonds is 7. The van der Waals surface area contributed by atoms with Crippen LogP contribution in [0.3, 0.4) is 0 Å². The molecule has 1 N–H and O–H groups in total. The Morgan fingerprint density at radius 1 is 0.880 bits per heavy atom. The second-order valence-electron chi connectivity index (χ2n) is 6.66. The average molecular weight is 356 g/mol. The summed E-state index contributed by atoms with van der Waals surface area (Å²) in [5.74, 6) is 0. The largest absolute Gasteiger partial charge is 0.387 e. The molecular formula is C22H26ClNO. The van der Waals surface area contributed by atoms with E-state index in [1.807, 2.05) is 36.4 Å². The van der Waals surface area contributed by atoms with Crippen molar-refractivity contribution in [2.45, 2.75) is 32.8 Å². The molecule has 3 aromatic rings. The smallest absolute Gasteiger partial charge is 0.0922 e. The van der Waals surface area contributed by atoms with Gasteiger partial charge in [0, 0.05) is 17.0 Å². The summed E-state index contributed by atoms with van der Waals surface area (Å²) in [6.07, 6.45) is 1.68. The Kier molecular flexibility index (Phi) is 5.95. The lowest BCUT2D eigenvalue weighted by molar-refractivity contribution is 0.114. The Hall–Kier alpha value is -1.61. The first kappa shape index (κ1) is 18.2. The topological polar surface area (TPSA) is 23.5 Å². The molecule has 0 amide bonds. The van der Waals surface area contributed by atoms with Gasteiger partial charge in [0.05, 0.1) is 6.10 Å². The molecule has 0 spiro atoms. The maximum Gasteiger partial charge on any atom is 0.0922 e. The summed E-state index contributed by atoms with van der Waals surface area (Å²) in [5, 5.41) is 16.0. The molecule has 0 aromatic heterocycles. The van der Waals surface area contributed by atoms with E-state index in [1.165, 1.54) is 0 Å². The lowest BCUT2D eigenvalue weighted by Crippen LogP contribution is -2.30. The third-order valence-corrected chi connectivity index (χ3v) is 5.07. The van der Waals surface area contributed by atoms with Crippen molar-refractivity contribution in [3.63, 3.8) is 0 Å². The van der Waals surface area contributed by atoms with Crippen LogP contribution in [-0.4, -0.2) is 29.6 Å². The maximum atomic E-state index is 10.9. The van der Waals surface area contributed by atoms with Crippen LogP contribution in [0.1, 0.15) is 38.4 Å². The molecular weight excluding hydrogens is 330 g/mol. The fraction of sp³-hybridized carbons (Fsp3) is 0.364. The highest BCUT2D eigenvalue weighted by Gasteiger charge is 2.16. The molecule has 3 heteroatoms. The van der Waals surface area contributed by atoms with Crippen LogP contribution in [0.2, 0.25) is 5.02 Å². The molecule has 132 valence electrons. The maximum absolute atomic E-state index is 10.9. The summed E-state index contributed by atoms with van der Waals surface area (Å²) in [5.41, 5.74) is 0.961. The van der Waals surface area contributed by atoms with Gasteiger partial charge in [-0.15, -0.1) is 0 Å². The molecule has 3 rings (SSSR count). The SMILES string of the molecule is CCCN(CCC)C[C@H](O)c1cccc2c1cc(Cl)c1ccccc12. The lowest BCUT2D eigenvalue weighted by Gasteiger charge is -2.25. The molecule has 0 aliphatic carbocycles. The van der Waals surface area contributed by atoms with Gasteiger partial charge in [0.2, 0.25) is 0 Å². The highest BCUT2D eigenvalue weighted by atomic mass is 35.5. The van der Waals surface area contributed by atoms with E-state index >= 15 is 0 Å². The Bertz CT molecular complexity index is 855. The van der Waals surface area contributed by atoms with Gasteiger partial charge >= 0.3 is 0 Å². The number of benzene rings is 3. The van der Waals surface area contributed by atoms with E-state index in [0.29, 0.717) is 6.54 Å². The fourth-order valence-electron chi connectivity index (χ4n) is 3.67. The van der Waals surface area contributed by atoms with E-state index in [4.69, 9.17) is 11.6 Å². The first-order valence-corrected chi connectivity index (χ1v) is 9.53. The normalized spacial score (nSPS) is 13.0. The van der Waals surface area contributed by atoms with Crippen LogP contribution < -0.4 is 0 Å². The van der Waals surface area contributed by atoms with Crippen molar-refractivity contribution in [3.8, 4) is 0 Å². The Balaban J connectivity index is 2.04. The Morgan fingerprint density at radius 3 is 2.16 bits per heavy atom. The van der Waals surface area contributed by atoms with Gasteiger partial charge in [0.1, 0.15) is 0 Å². The highest BCUT2D eigenvalue weighted by molar-refractivity contribution is 6.37. The Morgan fingerprint density at radius 2 is 1.48 bits per heavy atom. The molecule has 0 radical (unpaired) electrons. The number of aliphatic hydroxyl groups is 1. The van der Waals surface area contributed by atoms with Crippen molar-refractivity contribution < 1.29 is 5.11 Å². The van der Waals surface area contributed by atoms with Crippen LogP contribution in [0.25, 0.3) is 21.5 Å². The molecule has 0 saturated carbocycles. The number of hydrogen-bond acceptors (Lipinski definition) is 2.